The largest absolute Gasteiger partial charge is 0.509 e. The molecule has 0 amide bonds. The second kappa shape index (κ2) is 20.1. The van der Waals surface area contributed by atoms with Gasteiger partial charge in [-0.15, -0.1) is 53.6 Å². The number of benzene rings is 10. The summed E-state index contributed by atoms with van der Waals surface area (Å²) in [5.74, 6) is 1.97. The molecule has 2 aliphatic rings. The zero-order valence-corrected chi connectivity index (χ0v) is 48.5. The zero-order valence-electron chi connectivity index (χ0n) is 46.2. The van der Waals surface area contributed by atoms with Crippen LogP contribution in [-0.2, 0) is 37.3 Å². The van der Waals surface area contributed by atoms with Crippen molar-refractivity contribution in [3.8, 4) is 50.7 Å². The molecule has 1 aliphatic heterocycles. The Hall–Kier alpha value is -8.76. The summed E-state index contributed by atoms with van der Waals surface area (Å²) in [4.78, 5) is 9.65. The van der Waals surface area contributed by atoms with E-state index in [0.717, 1.165) is 83.8 Å². The third-order valence-corrected chi connectivity index (χ3v) is 16.3. The standard InChI is InChI=1S/C75H59N4O.Pt/c1-73(2,3)53-37-40-66-64(45-53)61-29-16-18-33-65(61)75(66,52-27-14-9-15-28-52)55-43-56(47-58(44-55)80-57-38-39-63-62-30-17-19-34-67(62)79(70(63)48-57)71-46-54(41-42-76-71)74(4,5)6)77-49-78(69-36-21-20-35-68(69)77)72-59(50-23-10-7-11-24-50)31-22-32-60(72)51-25-12-8-13-26-51;/h7-46,49H,1-6H3;/q-3;. The van der Waals surface area contributed by atoms with Crippen molar-refractivity contribution >= 4 is 44.6 Å². The normalized spacial score (nSPS) is 14.6. The minimum atomic E-state index is -0.755. The van der Waals surface area contributed by atoms with E-state index in [1.165, 1.54) is 33.4 Å². The smallest absolute Gasteiger partial charge is 0.135 e. The van der Waals surface area contributed by atoms with Gasteiger partial charge < -0.3 is 19.1 Å². The van der Waals surface area contributed by atoms with Crippen molar-refractivity contribution in [2.75, 3.05) is 9.80 Å². The second-order valence-corrected chi connectivity index (χ2v) is 23.3. The summed E-state index contributed by atoms with van der Waals surface area (Å²) in [6.45, 7) is 15.9. The maximum atomic E-state index is 7.33. The van der Waals surface area contributed by atoms with E-state index in [0.29, 0.717) is 11.5 Å². The Bertz CT molecular complexity index is 4290. The van der Waals surface area contributed by atoms with Crippen molar-refractivity contribution in [2.24, 2.45) is 0 Å². The molecule has 0 bridgehead atoms. The van der Waals surface area contributed by atoms with Gasteiger partial charge in [0.25, 0.3) is 0 Å². The minimum Gasteiger partial charge on any atom is -0.509 e. The molecule has 5 nitrogen and oxygen atoms in total. The molecule has 0 N–H and O–H groups in total. The number of hydrogen-bond donors (Lipinski definition) is 0. The van der Waals surface area contributed by atoms with E-state index in [4.69, 9.17) is 9.72 Å². The quantitative estimate of drug-likeness (QED) is 0.135. The molecule has 0 fully saturated rings. The molecular formula is C75H59N4OPt-3. The average Bonchev–Trinajstić information content (AvgIpc) is 4.36. The molecule has 3 heterocycles. The fourth-order valence-electron chi connectivity index (χ4n) is 12.4. The second-order valence-electron chi connectivity index (χ2n) is 23.3. The molecule has 0 saturated heterocycles. The van der Waals surface area contributed by atoms with Gasteiger partial charge >= 0.3 is 0 Å². The van der Waals surface area contributed by atoms with Gasteiger partial charge in [-0.3, -0.25) is 0 Å². The number of fused-ring (bicyclic) bond motifs is 7. The number of ether oxygens (including phenoxy) is 1. The van der Waals surface area contributed by atoms with Crippen LogP contribution in [0, 0.1) is 18.8 Å². The zero-order chi connectivity index (χ0) is 54.3. The molecule has 398 valence electrons. The number of aromatic nitrogens is 2. The van der Waals surface area contributed by atoms with Gasteiger partial charge in [0.05, 0.1) is 0 Å². The third-order valence-electron chi connectivity index (χ3n) is 16.3. The molecule has 12 aromatic rings. The van der Waals surface area contributed by atoms with Crippen LogP contribution in [-0.4, -0.2) is 9.55 Å². The Morgan fingerprint density at radius 2 is 1.05 bits per heavy atom. The molecule has 14 rings (SSSR count). The first-order chi connectivity index (χ1) is 38.9. The summed E-state index contributed by atoms with van der Waals surface area (Å²) >= 11 is 0. The van der Waals surface area contributed by atoms with Crippen LogP contribution in [0.5, 0.6) is 11.5 Å². The molecule has 1 unspecified atom stereocenters. The average molecular weight is 1230 g/mol. The number of para-hydroxylation sites is 4. The SMILES string of the molecule is CC(C)(C)c1ccnc(-n2c3[c-]c(Oc4[c-]c(N5[CH-]N(c6c(-c7ccccc7)cccc6-c6ccccc6)c6ccccc65)cc(C5(c6ccccc6)c6ccccc6-c6cc(C(C)(C)C)ccc65)c4)ccc3c3ccccc32)c1.[Pt]. The summed E-state index contributed by atoms with van der Waals surface area (Å²) in [7, 11) is 0. The van der Waals surface area contributed by atoms with Crippen molar-refractivity contribution in [1.82, 2.24) is 9.55 Å². The van der Waals surface area contributed by atoms with Gasteiger partial charge in [-0.25, -0.2) is 4.98 Å². The minimum absolute atomic E-state index is 0. The maximum Gasteiger partial charge on any atom is 0.135 e. The first kappa shape index (κ1) is 51.7. The molecule has 0 spiro atoms. The van der Waals surface area contributed by atoms with Crippen LogP contribution in [0.3, 0.4) is 0 Å². The van der Waals surface area contributed by atoms with Crippen molar-refractivity contribution in [3.05, 3.63) is 295 Å². The predicted molar refractivity (Wildman–Crippen MR) is 330 cm³/mol. The van der Waals surface area contributed by atoms with Crippen molar-refractivity contribution in [1.29, 1.82) is 0 Å². The molecule has 2 aromatic heterocycles. The number of rotatable bonds is 9. The van der Waals surface area contributed by atoms with Crippen molar-refractivity contribution < 1.29 is 25.8 Å². The predicted octanol–water partition coefficient (Wildman–Crippen LogP) is 19.3. The van der Waals surface area contributed by atoms with E-state index in [-0.39, 0.29) is 31.9 Å². The molecular weight excluding hydrogens is 1170 g/mol. The van der Waals surface area contributed by atoms with Crippen molar-refractivity contribution in [2.45, 2.75) is 57.8 Å². The Labute approximate surface area is 490 Å². The van der Waals surface area contributed by atoms with Crippen LogP contribution < -0.4 is 14.5 Å². The molecule has 81 heavy (non-hydrogen) atoms. The maximum absolute atomic E-state index is 7.33. The van der Waals surface area contributed by atoms with Gasteiger partial charge in [0.1, 0.15) is 5.82 Å². The number of anilines is 4. The molecule has 1 atom stereocenters. The summed E-state index contributed by atoms with van der Waals surface area (Å²) in [6.07, 6.45) is 1.92. The van der Waals surface area contributed by atoms with Crippen molar-refractivity contribution in [3.63, 3.8) is 0 Å². The van der Waals surface area contributed by atoms with Gasteiger partial charge in [-0.05, 0) is 96.6 Å². The van der Waals surface area contributed by atoms with Crippen LogP contribution in [0.25, 0.3) is 61.0 Å². The Kier molecular flexibility index (Phi) is 12.8. The van der Waals surface area contributed by atoms with Gasteiger partial charge in [-0.1, -0.05) is 229 Å². The summed E-state index contributed by atoms with van der Waals surface area (Å²) < 4.78 is 9.55. The summed E-state index contributed by atoms with van der Waals surface area (Å²) in [5.41, 5.74) is 19.2. The fraction of sp³-hybridized carbons (Fsp3) is 0.120. The van der Waals surface area contributed by atoms with Gasteiger partial charge in [0.15, 0.2) is 0 Å². The number of pyridine rings is 1. The number of hydrogen-bond acceptors (Lipinski definition) is 4. The molecule has 0 radical (unpaired) electrons. The Balaban J connectivity index is 0.00000618. The van der Waals surface area contributed by atoms with E-state index < -0.39 is 5.41 Å². The van der Waals surface area contributed by atoms with Crippen LogP contribution in [0.2, 0.25) is 0 Å². The van der Waals surface area contributed by atoms with Crippen LogP contribution >= 0.6 is 0 Å². The first-order valence-electron chi connectivity index (χ1n) is 27.7. The van der Waals surface area contributed by atoms with Gasteiger partial charge in [0, 0.05) is 77.9 Å². The first-order valence-corrected chi connectivity index (χ1v) is 27.7. The topological polar surface area (TPSA) is 33.5 Å². The summed E-state index contributed by atoms with van der Waals surface area (Å²) in [5, 5.41) is 2.19. The molecule has 0 saturated carbocycles. The Morgan fingerprint density at radius 3 is 1.75 bits per heavy atom. The van der Waals surface area contributed by atoms with Crippen LogP contribution in [0.15, 0.2) is 243 Å². The van der Waals surface area contributed by atoms with Crippen LogP contribution in [0.1, 0.15) is 74.9 Å². The van der Waals surface area contributed by atoms with Crippen LogP contribution in [0.4, 0.5) is 22.7 Å². The van der Waals surface area contributed by atoms with E-state index in [9.17, 15) is 0 Å². The van der Waals surface area contributed by atoms with E-state index in [2.05, 4.69) is 305 Å². The van der Waals surface area contributed by atoms with E-state index in [1.807, 2.05) is 12.3 Å². The molecule has 1 aliphatic carbocycles. The number of nitrogens with zero attached hydrogens (tertiary/aromatic N) is 4. The summed E-state index contributed by atoms with van der Waals surface area (Å²) in [6, 6.07) is 93.3. The Morgan fingerprint density at radius 1 is 0.457 bits per heavy atom. The third kappa shape index (κ3) is 8.69. The molecule has 6 heteroatoms. The van der Waals surface area contributed by atoms with Gasteiger partial charge in [-0.2, -0.15) is 6.07 Å². The van der Waals surface area contributed by atoms with E-state index >= 15 is 0 Å². The monoisotopic (exact) mass is 1230 g/mol. The molecule has 10 aromatic carbocycles. The van der Waals surface area contributed by atoms with Gasteiger partial charge in [0.2, 0.25) is 0 Å². The fourth-order valence-corrected chi connectivity index (χ4v) is 12.4. The van der Waals surface area contributed by atoms with E-state index in [1.54, 1.807) is 0 Å².